The lowest BCUT2D eigenvalue weighted by Crippen LogP contribution is -2.51. The number of ether oxygens (including phenoxy) is 2. The second-order valence-corrected chi connectivity index (χ2v) is 15.2. The fraction of sp³-hybridized carbons (Fsp3) is 0.526. The number of hydrogen-bond donors (Lipinski definition) is 5. The largest absolute Gasteiger partial charge is 0.490 e. The zero-order valence-electron chi connectivity index (χ0n) is 29.2. The molecule has 0 radical (unpaired) electrons. The minimum Gasteiger partial charge on any atom is -0.490 e. The number of aromatic nitrogens is 1. The van der Waals surface area contributed by atoms with Crippen molar-refractivity contribution in [2.24, 2.45) is 0 Å². The number of pyridine rings is 1. The predicted molar refractivity (Wildman–Crippen MR) is 197 cm³/mol. The Kier molecular flexibility index (Phi) is 14.2. The van der Waals surface area contributed by atoms with E-state index in [2.05, 4.69) is 11.1 Å². The van der Waals surface area contributed by atoms with E-state index >= 15 is 0 Å². The third kappa shape index (κ3) is 10.9. The molecule has 0 saturated heterocycles. The highest BCUT2D eigenvalue weighted by molar-refractivity contribution is 7.99. The van der Waals surface area contributed by atoms with Crippen LogP contribution in [-0.2, 0) is 21.7 Å². The molecule has 0 bridgehead atoms. The number of carbonyl (C=O) groups is 1. The van der Waals surface area contributed by atoms with Crippen LogP contribution in [0.1, 0.15) is 49.7 Å². The summed E-state index contributed by atoms with van der Waals surface area (Å²) in [5.41, 5.74) is 3.57. The molecular formula is C38H50ClN3O8S. The molecule has 11 nitrogen and oxygen atoms in total. The van der Waals surface area contributed by atoms with E-state index in [1.54, 1.807) is 18.0 Å². The molecule has 1 aromatic heterocycles. The predicted octanol–water partition coefficient (Wildman–Crippen LogP) is 3.85. The van der Waals surface area contributed by atoms with Gasteiger partial charge in [0.15, 0.2) is 0 Å². The smallest absolute Gasteiger partial charge is 0.222 e. The number of nitrogens with zero attached hydrogens (tertiary/aromatic N) is 3. The van der Waals surface area contributed by atoms with Crippen LogP contribution in [0.15, 0.2) is 65.8 Å². The molecule has 1 amide bonds. The fourth-order valence-electron chi connectivity index (χ4n) is 5.83. The van der Waals surface area contributed by atoms with Crippen molar-refractivity contribution >= 4 is 29.3 Å². The summed E-state index contributed by atoms with van der Waals surface area (Å²) in [6.45, 7) is 0.183. The molecule has 3 aromatic rings. The second kappa shape index (κ2) is 18.3. The van der Waals surface area contributed by atoms with Crippen LogP contribution in [0.3, 0.4) is 0 Å². The molecule has 1 heterocycles. The highest BCUT2D eigenvalue weighted by atomic mass is 35.5. The first kappa shape index (κ1) is 39.4. The minimum atomic E-state index is -1.75. The normalized spacial score (nSPS) is 17.5. The summed E-state index contributed by atoms with van der Waals surface area (Å²) < 4.78 is 12.9. The molecule has 2 saturated carbocycles. The first-order valence-electron chi connectivity index (χ1n) is 17.5. The molecule has 2 aromatic carbocycles. The number of rotatable bonds is 21. The molecule has 2 fully saturated rings. The van der Waals surface area contributed by atoms with Crippen molar-refractivity contribution in [1.82, 2.24) is 14.8 Å². The summed E-state index contributed by atoms with van der Waals surface area (Å²) in [7, 11) is 3.73. The number of amides is 1. The van der Waals surface area contributed by atoms with Gasteiger partial charge in [0.25, 0.3) is 0 Å². The number of aliphatic hydroxyl groups is 5. The maximum absolute atomic E-state index is 13.2. The molecular weight excluding hydrogens is 694 g/mol. The van der Waals surface area contributed by atoms with Gasteiger partial charge in [0, 0.05) is 59.5 Å². The zero-order chi connectivity index (χ0) is 36.5. The van der Waals surface area contributed by atoms with E-state index in [4.69, 9.17) is 26.2 Å². The quantitative estimate of drug-likeness (QED) is 0.0799. The molecule has 0 unspecified atom stereocenters. The fourth-order valence-corrected chi connectivity index (χ4v) is 6.92. The van der Waals surface area contributed by atoms with E-state index in [-0.39, 0.29) is 25.0 Å². The molecule has 0 aliphatic heterocycles. The lowest BCUT2D eigenvalue weighted by molar-refractivity contribution is -0.140. The SMILES string of the molecule is CN(C)CCN(C[C@H](O)[C@@H](O)[C@H](O)[C@H](O)CO)C(=O)CCCSc1ccc(Cl)c(COC2(c3cnccc3-c3ccccc3OC3CC3)CC2)c1. The van der Waals surface area contributed by atoms with Crippen LogP contribution in [0.5, 0.6) is 5.75 Å². The van der Waals surface area contributed by atoms with E-state index in [0.29, 0.717) is 36.9 Å². The molecule has 4 atom stereocenters. The number of para-hydroxylation sites is 1. The van der Waals surface area contributed by atoms with Crippen LogP contribution in [0.2, 0.25) is 5.02 Å². The summed E-state index contributed by atoms with van der Waals surface area (Å²) in [5.74, 6) is 1.34. The molecule has 51 heavy (non-hydrogen) atoms. The summed E-state index contributed by atoms with van der Waals surface area (Å²) in [6, 6.07) is 16.0. The summed E-state index contributed by atoms with van der Waals surface area (Å²) >= 11 is 8.25. The van der Waals surface area contributed by atoms with Gasteiger partial charge in [-0.05, 0) is 93.4 Å². The number of aliphatic hydroxyl groups excluding tert-OH is 5. The summed E-state index contributed by atoms with van der Waals surface area (Å²) in [5, 5.41) is 50.1. The molecule has 2 aliphatic rings. The Hall–Kier alpha value is -2.78. The maximum atomic E-state index is 13.2. The average molecular weight is 744 g/mol. The van der Waals surface area contributed by atoms with E-state index < -0.39 is 36.6 Å². The number of likely N-dealkylation sites (N-methyl/N-ethyl adjacent to an activating group) is 1. The lowest BCUT2D eigenvalue weighted by atomic mass is 9.96. The van der Waals surface area contributed by atoms with Gasteiger partial charge in [-0.1, -0.05) is 29.8 Å². The molecule has 278 valence electrons. The molecule has 5 rings (SSSR count). The molecule has 2 aliphatic carbocycles. The van der Waals surface area contributed by atoms with Gasteiger partial charge < -0.3 is 44.8 Å². The summed E-state index contributed by atoms with van der Waals surface area (Å²) in [4.78, 5) is 22.0. The Labute approximate surface area is 309 Å². The van der Waals surface area contributed by atoms with E-state index in [1.807, 2.05) is 67.7 Å². The Morgan fingerprint density at radius 2 is 1.76 bits per heavy atom. The van der Waals surface area contributed by atoms with E-state index in [1.165, 1.54) is 4.90 Å². The molecule has 13 heteroatoms. The van der Waals surface area contributed by atoms with Crippen molar-refractivity contribution in [2.75, 3.05) is 46.1 Å². The Balaban J connectivity index is 1.16. The number of hydrogen-bond acceptors (Lipinski definition) is 11. The van der Waals surface area contributed by atoms with Gasteiger partial charge in [-0.15, -0.1) is 11.8 Å². The third-order valence-electron chi connectivity index (χ3n) is 9.24. The highest BCUT2D eigenvalue weighted by Crippen LogP contribution is 2.53. The molecule has 5 N–H and O–H groups in total. The Morgan fingerprint density at radius 3 is 2.47 bits per heavy atom. The topological polar surface area (TPSA) is 156 Å². The average Bonchev–Trinajstić information content (AvgIpc) is 4.08. The van der Waals surface area contributed by atoms with Crippen molar-refractivity contribution in [3.63, 3.8) is 0 Å². The number of halogens is 1. The van der Waals surface area contributed by atoms with Crippen molar-refractivity contribution in [1.29, 1.82) is 0 Å². The van der Waals surface area contributed by atoms with Crippen molar-refractivity contribution in [3.05, 3.63) is 77.1 Å². The number of carbonyl (C=O) groups excluding carboxylic acids is 1. The third-order valence-corrected chi connectivity index (χ3v) is 10.7. The van der Waals surface area contributed by atoms with Crippen LogP contribution in [0, 0.1) is 0 Å². The Morgan fingerprint density at radius 1 is 1.02 bits per heavy atom. The van der Waals surface area contributed by atoms with Gasteiger partial charge in [-0.2, -0.15) is 0 Å². The van der Waals surface area contributed by atoms with Gasteiger partial charge in [0.2, 0.25) is 5.91 Å². The van der Waals surface area contributed by atoms with Crippen LogP contribution in [0.4, 0.5) is 0 Å². The van der Waals surface area contributed by atoms with Crippen LogP contribution in [0.25, 0.3) is 11.1 Å². The highest BCUT2D eigenvalue weighted by Gasteiger charge is 2.48. The monoisotopic (exact) mass is 743 g/mol. The second-order valence-electron chi connectivity index (χ2n) is 13.7. The molecule has 0 spiro atoms. The van der Waals surface area contributed by atoms with Gasteiger partial charge in [0.1, 0.15) is 30.2 Å². The first-order valence-corrected chi connectivity index (χ1v) is 18.9. The van der Waals surface area contributed by atoms with Crippen molar-refractivity contribution < 1.29 is 39.8 Å². The van der Waals surface area contributed by atoms with Crippen molar-refractivity contribution in [3.8, 4) is 16.9 Å². The van der Waals surface area contributed by atoms with E-state index in [0.717, 1.165) is 58.6 Å². The van der Waals surface area contributed by atoms with Gasteiger partial charge in [-0.3, -0.25) is 9.78 Å². The standard InChI is InChI=1S/C38H50ClN3O8S/c1-41(2)17-18-42(22-32(44)36(47)37(48)33(45)23-43)35(46)8-5-19-51-27-11-12-31(39)25(20-27)24-49-38(14-15-38)30-21-40-16-13-28(30)29-6-3-4-7-34(29)50-26-9-10-26/h3-4,6-7,11-13,16,20-21,26,32-33,36-37,43-45,47-48H,5,8-10,14-15,17-19,22-24H2,1-2H3/t32-,33+,36+,37+/m0/s1. The van der Waals surface area contributed by atoms with Crippen LogP contribution in [-0.4, -0.2) is 123 Å². The lowest BCUT2D eigenvalue weighted by Gasteiger charge is -2.31. The van der Waals surface area contributed by atoms with Crippen LogP contribution < -0.4 is 4.74 Å². The summed E-state index contributed by atoms with van der Waals surface area (Å²) in [6.07, 6.45) is 2.11. The minimum absolute atomic E-state index is 0.197. The Bertz CT molecular complexity index is 1590. The number of thioether (sulfide) groups is 1. The first-order chi connectivity index (χ1) is 24.5. The van der Waals surface area contributed by atoms with Crippen molar-refractivity contribution in [2.45, 2.75) is 86.1 Å². The van der Waals surface area contributed by atoms with Crippen LogP contribution >= 0.6 is 23.4 Å². The number of benzene rings is 2. The van der Waals surface area contributed by atoms with E-state index in [9.17, 15) is 25.2 Å². The zero-order valence-corrected chi connectivity index (χ0v) is 30.8. The van der Waals surface area contributed by atoms with Gasteiger partial charge >= 0.3 is 0 Å². The maximum Gasteiger partial charge on any atom is 0.222 e. The van der Waals surface area contributed by atoms with Gasteiger partial charge in [-0.25, -0.2) is 0 Å². The van der Waals surface area contributed by atoms with Gasteiger partial charge in [0.05, 0.1) is 24.9 Å².